The number of rotatable bonds is 8. The van der Waals surface area contributed by atoms with Crippen LogP contribution in [0.15, 0.2) is 36.4 Å². The van der Waals surface area contributed by atoms with Gasteiger partial charge in [0.25, 0.3) is 5.69 Å². The Bertz CT molecular complexity index is 1100. The van der Waals surface area contributed by atoms with Crippen LogP contribution in [0.3, 0.4) is 0 Å². The van der Waals surface area contributed by atoms with Crippen molar-refractivity contribution in [3.63, 3.8) is 0 Å². The molecule has 2 aromatic rings. The molecule has 31 heavy (non-hydrogen) atoms. The second kappa shape index (κ2) is 9.47. The number of hydrogen-bond acceptors (Lipinski definition) is 5. The van der Waals surface area contributed by atoms with Crippen LogP contribution >= 0.6 is 0 Å². The van der Waals surface area contributed by atoms with Gasteiger partial charge in [-0.05, 0) is 62.4 Å². The van der Waals surface area contributed by atoms with E-state index in [9.17, 15) is 23.3 Å². The Balaban J connectivity index is 2.40. The number of carbonyl (C=O) groups excluding carboxylic acids is 1. The Morgan fingerprint density at radius 1 is 1.13 bits per heavy atom. The number of anilines is 1. The number of benzene rings is 2. The summed E-state index contributed by atoms with van der Waals surface area (Å²) in [5.41, 5.74) is 4.06. The quantitative estimate of drug-likeness (QED) is 0.487. The van der Waals surface area contributed by atoms with Crippen LogP contribution in [0.5, 0.6) is 0 Å². The van der Waals surface area contributed by atoms with Crippen molar-refractivity contribution in [1.82, 2.24) is 5.32 Å². The summed E-state index contributed by atoms with van der Waals surface area (Å²) in [7, 11) is -3.89. The van der Waals surface area contributed by atoms with Gasteiger partial charge >= 0.3 is 0 Å². The summed E-state index contributed by atoms with van der Waals surface area (Å²) in [6.45, 7) is 9.53. The van der Waals surface area contributed by atoms with Crippen molar-refractivity contribution >= 4 is 27.3 Å². The molecule has 9 heteroatoms. The van der Waals surface area contributed by atoms with Crippen LogP contribution in [0.2, 0.25) is 0 Å². The maximum Gasteiger partial charge on any atom is 0.271 e. The minimum atomic E-state index is -3.89. The third-order valence-electron chi connectivity index (χ3n) is 5.33. The van der Waals surface area contributed by atoms with Crippen LogP contribution in [0.4, 0.5) is 11.4 Å². The zero-order valence-electron chi connectivity index (χ0n) is 18.7. The largest absolute Gasteiger partial charge is 0.348 e. The number of amides is 1. The number of nitrogens with zero attached hydrogens (tertiary/aromatic N) is 2. The molecule has 0 aliphatic heterocycles. The molecule has 0 saturated heterocycles. The van der Waals surface area contributed by atoms with E-state index in [4.69, 9.17) is 0 Å². The molecule has 2 atom stereocenters. The number of non-ortho nitro benzene ring substituents is 1. The third kappa shape index (κ3) is 5.61. The number of nitrogens with one attached hydrogen (secondary N) is 1. The standard InChI is InChI=1S/C22H29N3O5S/c1-7-21(22(26)23-17(5)20-12-15(3)14(2)11-16(20)4)24(31(6,29)30)18-9-8-10-19(13-18)25(27)28/h8-13,17,21H,7H2,1-6H3,(H,23,26)/t17-,21+/m0/s1. The van der Waals surface area contributed by atoms with Crippen molar-refractivity contribution in [2.75, 3.05) is 10.6 Å². The highest BCUT2D eigenvalue weighted by atomic mass is 32.2. The Morgan fingerprint density at radius 3 is 2.29 bits per heavy atom. The monoisotopic (exact) mass is 447 g/mol. The first-order chi connectivity index (χ1) is 14.4. The fourth-order valence-corrected chi connectivity index (χ4v) is 4.84. The smallest absolute Gasteiger partial charge is 0.271 e. The molecular formula is C22H29N3O5S. The first-order valence-corrected chi connectivity index (χ1v) is 11.8. The summed E-state index contributed by atoms with van der Waals surface area (Å²) >= 11 is 0. The van der Waals surface area contributed by atoms with Gasteiger partial charge in [-0.1, -0.05) is 25.1 Å². The van der Waals surface area contributed by atoms with Gasteiger partial charge < -0.3 is 5.32 Å². The molecule has 1 N–H and O–H groups in total. The van der Waals surface area contributed by atoms with Gasteiger partial charge in [0.05, 0.1) is 22.9 Å². The summed E-state index contributed by atoms with van der Waals surface area (Å²) in [6.07, 6.45) is 1.18. The number of hydrogen-bond donors (Lipinski definition) is 1. The number of nitro groups is 1. The molecule has 0 bridgehead atoms. The van der Waals surface area contributed by atoms with Gasteiger partial charge in [-0.25, -0.2) is 8.42 Å². The molecule has 0 radical (unpaired) electrons. The van der Waals surface area contributed by atoms with E-state index in [1.54, 1.807) is 6.92 Å². The van der Waals surface area contributed by atoms with Crippen molar-refractivity contribution in [2.24, 2.45) is 0 Å². The molecule has 2 aromatic carbocycles. The molecule has 2 rings (SSSR count). The van der Waals surface area contributed by atoms with Crippen LogP contribution < -0.4 is 9.62 Å². The molecule has 0 aliphatic rings. The van der Waals surface area contributed by atoms with E-state index < -0.39 is 26.9 Å². The lowest BCUT2D eigenvalue weighted by atomic mass is 9.96. The lowest BCUT2D eigenvalue weighted by molar-refractivity contribution is -0.384. The van der Waals surface area contributed by atoms with Gasteiger partial charge in [0.1, 0.15) is 6.04 Å². The predicted molar refractivity (Wildman–Crippen MR) is 122 cm³/mol. The highest BCUT2D eigenvalue weighted by Crippen LogP contribution is 2.27. The third-order valence-corrected chi connectivity index (χ3v) is 6.51. The van der Waals surface area contributed by atoms with Crippen molar-refractivity contribution in [3.8, 4) is 0 Å². The molecule has 0 heterocycles. The minimum Gasteiger partial charge on any atom is -0.348 e. The molecule has 0 aliphatic carbocycles. The lowest BCUT2D eigenvalue weighted by Crippen LogP contribution is -2.49. The average molecular weight is 448 g/mol. The normalized spacial score (nSPS) is 13.4. The number of sulfonamides is 1. The Labute approximate surface area is 183 Å². The topological polar surface area (TPSA) is 110 Å². The fourth-order valence-electron chi connectivity index (χ4n) is 3.64. The van der Waals surface area contributed by atoms with E-state index in [-0.39, 0.29) is 23.8 Å². The zero-order valence-corrected chi connectivity index (χ0v) is 19.5. The van der Waals surface area contributed by atoms with Crippen LogP contribution in [-0.4, -0.2) is 31.5 Å². The van der Waals surface area contributed by atoms with E-state index in [1.165, 1.54) is 18.2 Å². The summed E-state index contributed by atoms with van der Waals surface area (Å²) in [6, 6.07) is 7.96. The van der Waals surface area contributed by atoms with Crippen molar-refractivity contribution in [3.05, 3.63) is 68.8 Å². The van der Waals surface area contributed by atoms with E-state index in [2.05, 4.69) is 11.4 Å². The first-order valence-electron chi connectivity index (χ1n) is 9.98. The van der Waals surface area contributed by atoms with E-state index >= 15 is 0 Å². The highest BCUT2D eigenvalue weighted by molar-refractivity contribution is 7.92. The van der Waals surface area contributed by atoms with Gasteiger partial charge in [-0.15, -0.1) is 0 Å². The number of carbonyl (C=O) groups is 1. The van der Waals surface area contributed by atoms with Crippen LogP contribution in [0.25, 0.3) is 0 Å². The van der Waals surface area contributed by atoms with Crippen LogP contribution in [0, 0.1) is 30.9 Å². The van der Waals surface area contributed by atoms with Crippen LogP contribution in [-0.2, 0) is 14.8 Å². The molecule has 0 unspecified atom stereocenters. The second-order valence-electron chi connectivity index (χ2n) is 7.78. The first kappa shape index (κ1) is 24.3. The maximum atomic E-state index is 13.2. The Morgan fingerprint density at radius 2 is 1.74 bits per heavy atom. The molecular weight excluding hydrogens is 418 g/mol. The summed E-state index contributed by atoms with van der Waals surface area (Å²) in [4.78, 5) is 23.7. The van der Waals surface area contributed by atoms with Gasteiger partial charge in [0.15, 0.2) is 0 Å². The van der Waals surface area contributed by atoms with E-state index in [0.717, 1.165) is 38.9 Å². The SMILES string of the molecule is CC[C@H](C(=O)N[C@@H](C)c1cc(C)c(C)cc1C)N(c1cccc([N+](=O)[O-])c1)S(C)(=O)=O. The average Bonchev–Trinajstić information content (AvgIpc) is 2.67. The fraction of sp³-hybridized carbons (Fsp3) is 0.409. The van der Waals surface area contributed by atoms with Crippen molar-refractivity contribution < 1.29 is 18.1 Å². The summed E-state index contributed by atoms with van der Waals surface area (Å²) < 4.78 is 26.1. The maximum absolute atomic E-state index is 13.2. The van der Waals surface area contributed by atoms with Gasteiger partial charge in [-0.3, -0.25) is 19.2 Å². The molecule has 0 aromatic heterocycles. The van der Waals surface area contributed by atoms with E-state index in [1.807, 2.05) is 33.8 Å². The molecule has 0 fully saturated rings. The molecule has 168 valence electrons. The molecule has 1 amide bonds. The summed E-state index contributed by atoms with van der Waals surface area (Å²) in [5.74, 6) is -0.468. The lowest BCUT2D eigenvalue weighted by Gasteiger charge is -2.31. The number of aryl methyl sites for hydroxylation is 3. The van der Waals surface area contributed by atoms with E-state index in [0.29, 0.717) is 0 Å². The molecule has 8 nitrogen and oxygen atoms in total. The van der Waals surface area contributed by atoms with Crippen LogP contribution in [0.1, 0.15) is 48.6 Å². The van der Waals surface area contributed by atoms with Gasteiger partial charge in [0.2, 0.25) is 15.9 Å². The minimum absolute atomic E-state index is 0.0775. The Kier molecular flexibility index (Phi) is 7.43. The zero-order chi connectivity index (χ0) is 23.5. The van der Waals surface area contributed by atoms with Gasteiger partial charge in [-0.2, -0.15) is 0 Å². The molecule has 0 spiro atoms. The van der Waals surface area contributed by atoms with Crippen molar-refractivity contribution in [1.29, 1.82) is 0 Å². The van der Waals surface area contributed by atoms with Crippen molar-refractivity contribution in [2.45, 2.75) is 53.1 Å². The van der Waals surface area contributed by atoms with Gasteiger partial charge in [0, 0.05) is 12.1 Å². The Hall–Kier alpha value is -2.94. The number of nitro benzene ring substituents is 1. The predicted octanol–water partition coefficient (Wildman–Crippen LogP) is 3.94. The molecule has 0 saturated carbocycles. The highest BCUT2D eigenvalue weighted by Gasteiger charge is 2.33. The second-order valence-corrected chi connectivity index (χ2v) is 9.64. The summed E-state index contributed by atoms with van der Waals surface area (Å²) in [5, 5.41) is 14.1.